The van der Waals surface area contributed by atoms with E-state index in [1.54, 1.807) is 6.92 Å². The van der Waals surface area contributed by atoms with Gasteiger partial charge in [0.1, 0.15) is 51.7 Å². The Morgan fingerprint density at radius 3 is 2.17 bits per heavy atom. The van der Waals surface area contributed by atoms with Crippen molar-refractivity contribution < 1.29 is 27.5 Å². The van der Waals surface area contributed by atoms with Crippen LogP contribution in [0.15, 0.2) is 43.2 Å². The molecule has 5 atom stereocenters. The fourth-order valence-corrected chi connectivity index (χ4v) is 7.86. The maximum atomic E-state index is 14.4. The highest BCUT2D eigenvalue weighted by Crippen LogP contribution is 2.52. The molecule has 2 amide bonds. The number of fused-ring (bicyclic) bond motifs is 2. The number of aromatic nitrogens is 10. The average molecular weight is 808 g/mol. The Labute approximate surface area is 335 Å². The molecule has 2 saturated carbocycles. The van der Waals surface area contributed by atoms with Crippen LogP contribution < -0.4 is 15.4 Å². The number of carbonyl (C=O) groups excluding carboxylic acids is 2. The number of methoxy groups -OCH3 is 1. The van der Waals surface area contributed by atoms with Crippen molar-refractivity contribution in [1.29, 1.82) is 5.26 Å². The molecule has 2 N–H and O–H groups in total. The zero-order valence-corrected chi connectivity index (χ0v) is 32.8. The number of ether oxygens (including phenoxy) is 1. The van der Waals surface area contributed by atoms with Crippen molar-refractivity contribution in [2.45, 2.75) is 84.0 Å². The van der Waals surface area contributed by atoms with Gasteiger partial charge in [0.15, 0.2) is 22.6 Å². The summed E-state index contributed by atoms with van der Waals surface area (Å²) in [7, 11) is 1.46. The summed E-state index contributed by atoms with van der Waals surface area (Å²) in [5, 5.41) is 16.1. The number of nitrogens with one attached hydrogen (secondary N) is 2. The van der Waals surface area contributed by atoms with Gasteiger partial charge in [-0.2, -0.15) is 5.26 Å². The van der Waals surface area contributed by atoms with Gasteiger partial charge in [-0.3, -0.25) is 19.6 Å². The van der Waals surface area contributed by atoms with E-state index in [4.69, 9.17) is 14.7 Å². The van der Waals surface area contributed by atoms with Crippen molar-refractivity contribution in [3.63, 3.8) is 0 Å². The van der Waals surface area contributed by atoms with Crippen LogP contribution in [0.4, 0.5) is 13.2 Å². The second kappa shape index (κ2) is 15.6. The maximum Gasteiger partial charge on any atom is 0.281 e. The van der Waals surface area contributed by atoms with E-state index in [2.05, 4.69) is 46.6 Å². The molecule has 0 radical (unpaired) electrons. The number of amides is 2. The van der Waals surface area contributed by atoms with Crippen LogP contribution in [0.3, 0.4) is 0 Å². The van der Waals surface area contributed by atoms with Crippen molar-refractivity contribution >= 4 is 34.1 Å². The summed E-state index contributed by atoms with van der Waals surface area (Å²) < 4.78 is 50.5. The molecular formula is C40H40F3N13O3. The Morgan fingerprint density at radius 1 is 0.881 bits per heavy atom. The summed E-state index contributed by atoms with van der Waals surface area (Å²) in [5.41, 5.74) is 1.94. The third kappa shape index (κ3) is 7.62. The molecule has 16 nitrogen and oxygen atoms in total. The quantitative estimate of drug-likeness (QED) is 0.126. The molecular weight excluding hydrogens is 768 g/mol. The SMILES string of the molecule is COc1c(C#N)cnc2c1nc([C@@H](NC(=O)c1cnc(C)cn1)C1CC1)n2C(C)CC1CC1[C@H](NC(=O)c1cnc(C(F)F)cn1)c1nc2cc(F)cnc2n1C(C)C. The van der Waals surface area contributed by atoms with E-state index < -0.39 is 41.8 Å². The molecule has 6 aromatic heterocycles. The number of alkyl halides is 2. The highest BCUT2D eigenvalue weighted by atomic mass is 19.3. The van der Waals surface area contributed by atoms with Crippen molar-refractivity contribution in [3.05, 3.63) is 89.1 Å². The van der Waals surface area contributed by atoms with Crippen LogP contribution in [0.2, 0.25) is 0 Å². The third-order valence-corrected chi connectivity index (χ3v) is 10.9. The summed E-state index contributed by atoms with van der Waals surface area (Å²) in [5.74, 6) is -0.445. The number of rotatable bonds is 14. The smallest absolute Gasteiger partial charge is 0.281 e. The van der Waals surface area contributed by atoms with Gasteiger partial charge in [-0.05, 0) is 71.1 Å². The van der Waals surface area contributed by atoms with Gasteiger partial charge in [0.2, 0.25) is 0 Å². The van der Waals surface area contributed by atoms with Gasteiger partial charge in [0.05, 0.1) is 55.9 Å². The summed E-state index contributed by atoms with van der Waals surface area (Å²) in [6.07, 6.45) is 7.46. The van der Waals surface area contributed by atoms with Crippen molar-refractivity contribution in [3.8, 4) is 11.8 Å². The van der Waals surface area contributed by atoms with E-state index in [1.165, 1.54) is 31.8 Å². The second-order valence-electron chi connectivity index (χ2n) is 15.4. The van der Waals surface area contributed by atoms with Gasteiger partial charge >= 0.3 is 0 Å². The zero-order valence-electron chi connectivity index (χ0n) is 32.8. The first-order valence-corrected chi connectivity index (χ1v) is 19.3. The molecule has 2 aliphatic rings. The molecule has 2 aliphatic carbocycles. The van der Waals surface area contributed by atoms with E-state index in [-0.39, 0.29) is 52.5 Å². The molecule has 8 rings (SSSR count). The Bertz CT molecular complexity index is 2600. The van der Waals surface area contributed by atoms with Crippen molar-refractivity contribution in [2.75, 3.05) is 7.11 Å². The number of carbonyl (C=O) groups is 2. The van der Waals surface area contributed by atoms with Gasteiger partial charge in [0.25, 0.3) is 18.2 Å². The highest BCUT2D eigenvalue weighted by molar-refractivity contribution is 5.93. The highest BCUT2D eigenvalue weighted by Gasteiger charge is 2.48. The molecule has 0 aliphatic heterocycles. The van der Waals surface area contributed by atoms with Crippen molar-refractivity contribution in [2.24, 2.45) is 17.8 Å². The Morgan fingerprint density at radius 2 is 1.56 bits per heavy atom. The zero-order chi connectivity index (χ0) is 41.7. The topological polar surface area (TPSA) is 204 Å². The number of hydrogen-bond acceptors (Lipinski definition) is 12. The van der Waals surface area contributed by atoms with Crippen LogP contribution in [0.5, 0.6) is 5.75 Å². The predicted octanol–water partition coefficient (Wildman–Crippen LogP) is 6.24. The third-order valence-electron chi connectivity index (χ3n) is 10.9. The van der Waals surface area contributed by atoms with Gasteiger partial charge < -0.3 is 24.5 Å². The molecule has 0 saturated heterocycles. The molecule has 0 bridgehead atoms. The lowest BCUT2D eigenvalue weighted by Gasteiger charge is -2.24. The summed E-state index contributed by atoms with van der Waals surface area (Å²) in [4.78, 5) is 62.4. The largest absolute Gasteiger partial charge is 0.493 e. The van der Waals surface area contributed by atoms with E-state index in [9.17, 15) is 28.0 Å². The fraction of sp³-hybridized carbons (Fsp3) is 0.425. The van der Waals surface area contributed by atoms with Gasteiger partial charge in [-0.15, -0.1) is 0 Å². The lowest BCUT2D eigenvalue weighted by molar-refractivity contribution is 0.0912. The summed E-state index contributed by atoms with van der Waals surface area (Å²) in [6.45, 7) is 7.67. The molecule has 3 unspecified atom stereocenters. The monoisotopic (exact) mass is 807 g/mol. The van der Waals surface area contributed by atoms with Crippen LogP contribution in [0.25, 0.3) is 22.3 Å². The van der Waals surface area contributed by atoms with Gasteiger partial charge in [0, 0.05) is 24.3 Å². The molecule has 6 aromatic rings. The number of halogens is 3. The number of aryl methyl sites for hydroxylation is 1. The Hall–Kier alpha value is -6.58. The average Bonchev–Trinajstić information content (AvgIpc) is 4.14. The van der Waals surface area contributed by atoms with Crippen LogP contribution in [-0.4, -0.2) is 67.9 Å². The second-order valence-corrected chi connectivity index (χ2v) is 15.4. The minimum Gasteiger partial charge on any atom is -0.493 e. The minimum absolute atomic E-state index is 0.00455. The fourth-order valence-electron chi connectivity index (χ4n) is 7.86. The Balaban J connectivity index is 1.15. The number of imidazole rings is 2. The van der Waals surface area contributed by atoms with Gasteiger partial charge in [-0.25, -0.2) is 43.1 Å². The van der Waals surface area contributed by atoms with Crippen molar-refractivity contribution in [1.82, 2.24) is 59.6 Å². The van der Waals surface area contributed by atoms with Crippen LogP contribution in [0, 0.1) is 41.8 Å². The molecule has 59 heavy (non-hydrogen) atoms. The first kappa shape index (κ1) is 39.3. The van der Waals surface area contributed by atoms with E-state index in [0.29, 0.717) is 52.5 Å². The van der Waals surface area contributed by atoms with Gasteiger partial charge in [-0.1, -0.05) is 0 Å². The molecule has 0 aromatic carbocycles. The normalized spacial score (nSPS) is 17.8. The lowest BCUT2D eigenvalue weighted by atomic mass is 10.0. The predicted molar refractivity (Wildman–Crippen MR) is 204 cm³/mol. The lowest BCUT2D eigenvalue weighted by Crippen LogP contribution is -2.34. The molecule has 19 heteroatoms. The van der Waals surface area contributed by atoms with Crippen LogP contribution in [-0.2, 0) is 0 Å². The molecule has 2 fully saturated rings. The van der Waals surface area contributed by atoms with E-state index in [0.717, 1.165) is 31.4 Å². The van der Waals surface area contributed by atoms with Crippen LogP contribution in [0.1, 0.15) is 127 Å². The number of nitriles is 1. The molecule has 0 spiro atoms. The minimum atomic E-state index is -2.85. The Kier molecular flexibility index (Phi) is 10.4. The summed E-state index contributed by atoms with van der Waals surface area (Å²) in [6, 6.07) is 1.69. The number of hydrogen-bond donors (Lipinski definition) is 2. The van der Waals surface area contributed by atoms with E-state index in [1.807, 2.05) is 29.9 Å². The molecule has 6 heterocycles. The maximum absolute atomic E-state index is 14.4. The molecule has 304 valence electrons. The number of pyridine rings is 2. The standard InChI is InChI=1S/C40H40F3N13O3/c1-18(2)55-35-26(10-24(41)14-50-35)51-38(55)31(54-40(58)29-17-47-27(15-48-29)34(42)43)25-9-22(25)8-20(4)56-36-32(33(59-5)23(11-44)13-49-36)52-37(56)30(21-6-7-21)53-39(57)28-16-45-19(3)12-46-28/h10,12-18,20-22,25,30-31,34H,6-9H2,1-5H3,(H,53,57)(H,54,58)/t20?,22?,25?,30-,31-/m0/s1. The first-order valence-electron chi connectivity index (χ1n) is 19.3. The van der Waals surface area contributed by atoms with E-state index >= 15 is 0 Å². The van der Waals surface area contributed by atoms with Crippen LogP contribution >= 0.6 is 0 Å². The number of nitrogens with zero attached hydrogens (tertiary/aromatic N) is 11. The summed E-state index contributed by atoms with van der Waals surface area (Å²) >= 11 is 0. The first-order chi connectivity index (χ1) is 28.4.